The maximum Gasteiger partial charge on any atom is 0.270 e. The Morgan fingerprint density at radius 3 is 2.54 bits per heavy atom. The van der Waals surface area contributed by atoms with Crippen LogP contribution in [0.1, 0.15) is 25.3 Å². The summed E-state index contributed by atoms with van der Waals surface area (Å²) in [6.45, 7) is 4.32. The zero-order valence-corrected chi connectivity index (χ0v) is 13.9. The number of nitrogens with one attached hydrogen (secondary N) is 1. The Morgan fingerprint density at radius 2 is 1.88 bits per heavy atom. The first-order valence-electron chi connectivity index (χ1n) is 7.72. The summed E-state index contributed by atoms with van der Waals surface area (Å²) in [5, 5.41) is 2.85. The minimum absolute atomic E-state index is 0.0770. The van der Waals surface area contributed by atoms with Crippen LogP contribution >= 0.6 is 0 Å². The van der Waals surface area contributed by atoms with Gasteiger partial charge in [-0.25, -0.2) is 9.97 Å². The lowest BCUT2D eigenvalue weighted by atomic mass is 10.0. The molecule has 3 aromatic rings. The van der Waals surface area contributed by atoms with Crippen LogP contribution in [0.4, 0.5) is 5.69 Å². The van der Waals surface area contributed by atoms with Crippen molar-refractivity contribution in [2.75, 3.05) is 5.32 Å². The van der Waals surface area contributed by atoms with Gasteiger partial charge in [-0.3, -0.25) is 14.2 Å². The van der Waals surface area contributed by atoms with Gasteiger partial charge in [-0.2, -0.15) is 0 Å². The summed E-state index contributed by atoms with van der Waals surface area (Å²) >= 11 is 0. The van der Waals surface area contributed by atoms with Crippen molar-refractivity contribution in [2.24, 2.45) is 7.05 Å². The molecule has 0 bridgehead atoms. The minimum atomic E-state index is -0.234. The van der Waals surface area contributed by atoms with Gasteiger partial charge in [0.1, 0.15) is 6.54 Å². The Hall–Kier alpha value is -2.96. The van der Waals surface area contributed by atoms with Gasteiger partial charge in [0, 0.05) is 12.7 Å². The monoisotopic (exact) mass is 325 g/mol. The zero-order valence-electron chi connectivity index (χ0n) is 13.9. The summed E-state index contributed by atoms with van der Waals surface area (Å²) in [5.41, 5.74) is 2.69. The molecule has 24 heavy (non-hydrogen) atoms. The number of fused-ring (bicyclic) bond motifs is 1. The topological polar surface area (TPSA) is 81.8 Å². The van der Waals surface area contributed by atoms with Crippen molar-refractivity contribution in [3.05, 3.63) is 52.7 Å². The fourth-order valence-corrected chi connectivity index (χ4v) is 2.46. The van der Waals surface area contributed by atoms with E-state index in [9.17, 15) is 9.59 Å². The highest BCUT2D eigenvalue weighted by Crippen LogP contribution is 2.17. The number of anilines is 1. The number of benzene rings is 1. The number of carbonyl (C=O) groups is 1. The zero-order chi connectivity index (χ0) is 17.3. The molecule has 1 amide bonds. The maximum absolute atomic E-state index is 12.2. The number of aryl methyl sites for hydroxylation is 1. The molecule has 0 spiro atoms. The van der Waals surface area contributed by atoms with E-state index in [1.54, 1.807) is 11.6 Å². The van der Waals surface area contributed by atoms with E-state index in [0.29, 0.717) is 17.2 Å². The van der Waals surface area contributed by atoms with Crippen molar-refractivity contribution in [1.29, 1.82) is 0 Å². The van der Waals surface area contributed by atoms with Crippen LogP contribution in [-0.4, -0.2) is 25.0 Å². The van der Waals surface area contributed by atoms with Gasteiger partial charge in [0.15, 0.2) is 11.3 Å². The van der Waals surface area contributed by atoms with Gasteiger partial charge >= 0.3 is 0 Å². The number of amides is 1. The van der Waals surface area contributed by atoms with Crippen molar-refractivity contribution in [3.63, 3.8) is 0 Å². The quantitative estimate of drug-likeness (QED) is 0.794. The molecule has 2 aromatic heterocycles. The molecular weight excluding hydrogens is 306 g/mol. The van der Waals surface area contributed by atoms with Crippen molar-refractivity contribution in [3.8, 4) is 0 Å². The predicted octanol–water partition coefficient (Wildman–Crippen LogP) is 1.89. The van der Waals surface area contributed by atoms with Crippen LogP contribution in [0.5, 0.6) is 0 Å². The first-order chi connectivity index (χ1) is 11.5. The second kappa shape index (κ2) is 6.27. The molecule has 0 aliphatic heterocycles. The summed E-state index contributed by atoms with van der Waals surface area (Å²) < 4.78 is 3.02. The van der Waals surface area contributed by atoms with E-state index in [-0.39, 0.29) is 18.0 Å². The van der Waals surface area contributed by atoms with E-state index in [1.165, 1.54) is 22.7 Å². The van der Waals surface area contributed by atoms with Crippen molar-refractivity contribution < 1.29 is 4.79 Å². The molecule has 0 fully saturated rings. The van der Waals surface area contributed by atoms with Gasteiger partial charge in [0.25, 0.3) is 5.56 Å². The normalized spacial score (nSPS) is 11.2. The summed E-state index contributed by atoms with van der Waals surface area (Å²) in [6, 6.07) is 7.79. The Morgan fingerprint density at radius 1 is 1.17 bits per heavy atom. The molecule has 3 rings (SSSR count). The number of carbonyl (C=O) groups excluding carboxylic acids is 1. The maximum atomic E-state index is 12.2. The fraction of sp³-hybridized carbons (Fsp3) is 0.294. The SMILES string of the molecule is CC(C)c1ccc(NC(=O)Cn2cnc3c2ncc(=O)n3C)cc1. The molecule has 0 saturated heterocycles. The van der Waals surface area contributed by atoms with Crippen LogP contribution in [-0.2, 0) is 18.4 Å². The van der Waals surface area contributed by atoms with Gasteiger partial charge in [-0.1, -0.05) is 26.0 Å². The molecule has 0 aliphatic rings. The van der Waals surface area contributed by atoms with Crippen LogP contribution in [0, 0.1) is 0 Å². The van der Waals surface area contributed by atoms with Gasteiger partial charge in [-0.05, 0) is 23.6 Å². The smallest absolute Gasteiger partial charge is 0.270 e. The number of imidazole rings is 1. The Balaban J connectivity index is 1.75. The predicted molar refractivity (Wildman–Crippen MR) is 91.9 cm³/mol. The van der Waals surface area contributed by atoms with Crippen LogP contribution in [0.2, 0.25) is 0 Å². The summed E-state index contributed by atoms with van der Waals surface area (Å²) in [5.74, 6) is 0.270. The molecule has 0 saturated carbocycles. The number of hydrogen-bond donors (Lipinski definition) is 1. The lowest BCUT2D eigenvalue weighted by molar-refractivity contribution is -0.116. The largest absolute Gasteiger partial charge is 0.325 e. The van der Waals surface area contributed by atoms with Gasteiger partial charge in [0.05, 0.1) is 12.5 Å². The van der Waals surface area contributed by atoms with E-state index in [1.807, 2.05) is 24.3 Å². The van der Waals surface area contributed by atoms with Gasteiger partial charge < -0.3 is 9.88 Å². The Labute approximate surface area is 139 Å². The highest BCUT2D eigenvalue weighted by molar-refractivity contribution is 5.91. The highest BCUT2D eigenvalue weighted by atomic mass is 16.2. The third-order valence-corrected chi connectivity index (χ3v) is 3.91. The Bertz CT molecular complexity index is 938. The second-order valence-corrected chi connectivity index (χ2v) is 6.00. The fourth-order valence-electron chi connectivity index (χ4n) is 2.46. The molecule has 0 unspecified atom stereocenters. The molecule has 0 aliphatic carbocycles. The molecule has 7 heteroatoms. The van der Waals surface area contributed by atoms with Gasteiger partial charge in [-0.15, -0.1) is 0 Å². The molecule has 7 nitrogen and oxygen atoms in total. The Kier molecular flexibility index (Phi) is 4.16. The van der Waals surface area contributed by atoms with E-state index in [4.69, 9.17) is 0 Å². The molecule has 124 valence electrons. The number of rotatable bonds is 4. The summed E-state index contributed by atoms with van der Waals surface area (Å²) in [6.07, 6.45) is 2.74. The number of aromatic nitrogens is 4. The van der Waals surface area contributed by atoms with Crippen molar-refractivity contribution in [1.82, 2.24) is 19.1 Å². The molecule has 2 heterocycles. The van der Waals surface area contributed by atoms with Crippen LogP contribution in [0.3, 0.4) is 0 Å². The first kappa shape index (κ1) is 15.9. The van der Waals surface area contributed by atoms with E-state index >= 15 is 0 Å². The summed E-state index contributed by atoms with van der Waals surface area (Å²) in [7, 11) is 1.63. The highest BCUT2D eigenvalue weighted by Gasteiger charge is 2.11. The molecule has 0 atom stereocenters. The first-order valence-corrected chi connectivity index (χ1v) is 7.72. The number of nitrogens with zero attached hydrogens (tertiary/aromatic N) is 4. The second-order valence-electron chi connectivity index (χ2n) is 6.00. The average Bonchev–Trinajstić information content (AvgIpc) is 2.95. The minimum Gasteiger partial charge on any atom is -0.325 e. The van der Waals surface area contributed by atoms with E-state index in [0.717, 1.165) is 5.69 Å². The molecule has 1 N–H and O–H groups in total. The molecule has 1 aromatic carbocycles. The van der Waals surface area contributed by atoms with E-state index < -0.39 is 0 Å². The third kappa shape index (κ3) is 3.05. The lowest BCUT2D eigenvalue weighted by Gasteiger charge is -2.09. The van der Waals surface area contributed by atoms with Crippen molar-refractivity contribution in [2.45, 2.75) is 26.3 Å². The number of hydrogen-bond acceptors (Lipinski definition) is 4. The third-order valence-electron chi connectivity index (χ3n) is 3.91. The van der Waals surface area contributed by atoms with E-state index in [2.05, 4.69) is 29.1 Å². The van der Waals surface area contributed by atoms with Gasteiger partial charge in [0.2, 0.25) is 5.91 Å². The van der Waals surface area contributed by atoms with Crippen LogP contribution in [0.15, 0.2) is 41.6 Å². The van der Waals surface area contributed by atoms with Crippen LogP contribution in [0.25, 0.3) is 11.3 Å². The molecule has 0 radical (unpaired) electrons. The lowest BCUT2D eigenvalue weighted by Crippen LogP contribution is -2.20. The average molecular weight is 325 g/mol. The summed E-state index contributed by atoms with van der Waals surface area (Å²) in [4.78, 5) is 32.0. The van der Waals surface area contributed by atoms with Crippen LogP contribution < -0.4 is 10.9 Å². The molecular formula is C17H19N5O2. The standard InChI is InChI=1S/C17H19N5O2/c1-11(2)12-4-6-13(7-5-12)20-14(23)9-22-10-19-16-17(22)18-8-15(24)21(16)3/h4-8,10-11H,9H2,1-3H3,(H,20,23). The van der Waals surface area contributed by atoms with Crippen molar-refractivity contribution >= 4 is 22.9 Å².